The van der Waals surface area contributed by atoms with E-state index in [0.29, 0.717) is 22.9 Å². The van der Waals surface area contributed by atoms with Gasteiger partial charge in [-0.25, -0.2) is 9.97 Å². The van der Waals surface area contributed by atoms with Gasteiger partial charge in [-0.15, -0.1) is 0 Å². The molecule has 0 saturated carbocycles. The summed E-state index contributed by atoms with van der Waals surface area (Å²) in [5.74, 6) is 0.0992. The second kappa shape index (κ2) is 6.78. The lowest BCUT2D eigenvalue weighted by atomic mass is 10.1. The Labute approximate surface area is 141 Å². The van der Waals surface area contributed by atoms with Crippen molar-refractivity contribution in [3.8, 4) is 0 Å². The molecule has 0 aliphatic rings. The third-order valence-electron chi connectivity index (χ3n) is 3.12. The Morgan fingerprint density at radius 3 is 2.21 bits per heavy atom. The van der Waals surface area contributed by atoms with Crippen molar-refractivity contribution in [2.24, 2.45) is 0 Å². The number of ketones is 1. The first-order valence-corrected chi connectivity index (χ1v) is 7.70. The van der Waals surface area contributed by atoms with Gasteiger partial charge in [0.25, 0.3) is 5.91 Å². The number of benzene rings is 1. The van der Waals surface area contributed by atoms with Crippen molar-refractivity contribution >= 4 is 23.3 Å². The number of aromatic nitrogens is 2. The molecule has 126 valence electrons. The van der Waals surface area contributed by atoms with Gasteiger partial charge in [0.05, 0.1) is 0 Å². The average molecular weight is 326 g/mol. The molecule has 0 saturated heterocycles. The van der Waals surface area contributed by atoms with Crippen LogP contribution in [0.25, 0.3) is 0 Å². The van der Waals surface area contributed by atoms with Crippen molar-refractivity contribution in [1.29, 1.82) is 0 Å². The molecule has 0 radical (unpaired) electrons. The lowest BCUT2D eigenvalue weighted by molar-refractivity contribution is 0.0913. The van der Waals surface area contributed by atoms with Crippen LogP contribution in [0.1, 0.15) is 54.2 Å². The summed E-state index contributed by atoms with van der Waals surface area (Å²) in [7, 11) is 0. The van der Waals surface area contributed by atoms with Gasteiger partial charge in [-0.1, -0.05) is 0 Å². The van der Waals surface area contributed by atoms with Crippen LogP contribution in [0.5, 0.6) is 0 Å². The number of carbonyl (C=O) groups excluding carboxylic acids is 2. The van der Waals surface area contributed by atoms with Crippen LogP contribution >= 0.6 is 0 Å². The van der Waals surface area contributed by atoms with Gasteiger partial charge in [0.15, 0.2) is 5.78 Å². The zero-order valence-corrected chi connectivity index (χ0v) is 14.6. The summed E-state index contributed by atoms with van der Waals surface area (Å²) >= 11 is 0. The maximum absolute atomic E-state index is 12.3. The molecule has 1 aromatic carbocycles. The van der Waals surface area contributed by atoms with Crippen molar-refractivity contribution in [1.82, 2.24) is 15.3 Å². The van der Waals surface area contributed by atoms with E-state index >= 15 is 0 Å². The van der Waals surface area contributed by atoms with Crippen LogP contribution in [0.3, 0.4) is 0 Å². The molecule has 0 aliphatic heterocycles. The van der Waals surface area contributed by atoms with Gasteiger partial charge in [-0.05, 0) is 65.0 Å². The van der Waals surface area contributed by atoms with Crippen LogP contribution < -0.4 is 10.6 Å². The molecule has 24 heavy (non-hydrogen) atoms. The predicted molar refractivity (Wildman–Crippen MR) is 93.7 cm³/mol. The van der Waals surface area contributed by atoms with Crippen LogP contribution in [0.2, 0.25) is 0 Å². The van der Waals surface area contributed by atoms with E-state index in [1.54, 1.807) is 37.3 Å². The van der Waals surface area contributed by atoms with E-state index in [-0.39, 0.29) is 17.2 Å². The fourth-order valence-electron chi connectivity index (χ4n) is 2.06. The molecular weight excluding hydrogens is 304 g/mol. The fraction of sp³-hybridized carbons (Fsp3) is 0.333. The lowest BCUT2D eigenvalue weighted by Gasteiger charge is -2.20. The second-order valence-electron chi connectivity index (χ2n) is 6.68. The molecule has 0 bridgehead atoms. The molecule has 0 spiro atoms. The molecule has 1 amide bonds. The normalized spacial score (nSPS) is 11.0. The first-order chi connectivity index (χ1) is 11.1. The number of rotatable bonds is 4. The molecular formula is C18H22N4O2. The standard InChI is InChI=1S/C18H22N4O2/c1-11-10-15(16(24)22-18(3,4)5)21-17(19-11)20-14-8-6-13(7-9-14)12(2)23/h6-10H,1-5H3,(H,22,24)(H,19,20,21). The Morgan fingerprint density at radius 2 is 1.67 bits per heavy atom. The van der Waals surface area contributed by atoms with Gasteiger partial charge in [-0.2, -0.15) is 0 Å². The largest absolute Gasteiger partial charge is 0.346 e. The van der Waals surface area contributed by atoms with Crippen molar-refractivity contribution in [2.75, 3.05) is 5.32 Å². The summed E-state index contributed by atoms with van der Waals surface area (Å²) in [5, 5.41) is 5.93. The number of hydrogen-bond acceptors (Lipinski definition) is 5. The van der Waals surface area contributed by atoms with Crippen molar-refractivity contribution in [3.63, 3.8) is 0 Å². The minimum absolute atomic E-state index is 0.00879. The smallest absolute Gasteiger partial charge is 0.270 e. The zero-order chi connectivity index (χ0) is 17.9. The molecule has 0 fully saturated rings. The predicted octanol–water partition coefficient (Wildman–Crippen LogP) is 3.26. The Morgan fingerprint density at radius 1 is 1.04 bits per heavy atom. The van der Waals surface area contributed by atoms with Gasteiger partial charge in [0.2, 0.25) is 5.95 Å². The van der Waals surface area contributed by atoms with E-state index in [2.05, 4.69) is 20.6 Å². The summed E-state index contributed by atoms with van der Waals surface area (Å²) < 4.78 is 0. The molecule has 0 unspecified atom stereocenters. The molecule has 2 N–H and O–H groups in total. The van der Waals surface area contributed by atoms with E-state index in [9.17, 15) is 9.59 Å². The SMILES string of the molecule is CC(=O)c1ccc(Nc2nc(C)cc(C(=O)NC(C)(C)C)n2)cc1. The topological polar surface area (TPSA) is 84.0 Å². The number of hydrogen-bond donors (Lipinski definition) is 2. The molecule has 0 atom stereocenters. The van der Waals surface area contributed by atoms with Gasteiger partial charge >= 0.3 is 0 Å². The average Bonchev–Trinajstić information content (AvgIpc) is 2.45. The summed E-state index contributed by atoms with van der Waals surface area (Å²) in [5.41, 5.74) is 2.03. The molecule has 2 rings (SSSR count). The lowest BCUT2D eigenvalue weighted by Crippen LogP contribution is -2.41. The number of carbonyl (C=O) groups is 2. The Bertz CT molecular complexity index is 762. The minimum atomic E-state index is -0.341. The second-order valence-corrected chi connectivity index (χ2v) is 6.68. The maximum Gasteiger partial charge on any atom is 0.270 e. The van der Waals surface area contributed by atoms with Crippen LogP contribution in [-0.2, 0) is 0 Å². The molecule has 1 aromatic heterocycles. The highest BCUT2D eigenvalue weighted by atomic mass is 16.2. The van der Waals surface area contributed by atoms with Gasteiger partial charge in [0, 0.05) is 22.5 Å². The van der Waals surface area contributed by atoms with Crippen molar-refractivity contribution in [2.45, 2.75) is 40.2 Å². The fourth-order valence-corrected chi connectivity index (χ4v) is 2.06. The molecule has 1 heterocycles. The summed E-state index contributed by atoms with van der Waals surface area (Å²) in [6.07, 6.45) is 0. The van der Waals surface area contributed by atoms with Crippen molar-refractivity contribution in [3.05, 3.63) is 47.3 Å². The molecule has 2 aromatic rings. The van der Waals surface area contributed by atoms with Crippen LogP contribution in [0.4, 0.5) is 11.6 Å². The summed E-state index contributed by atoms with van der Waals surface area (Å²) in [6, 6.07) is 8.65. The van der Waals surface area contributed by atoms with Gasteiger partial charge in [0.1, 0.15) is 5.69 Å². The van der Waals surface area contributed by atoms with E-state index in [4.69, 9.17) is 0 Å². The molecule has 6 heteroatoms. The monoisotopic (exact) mass is 326 g/mol. The Kier molecular flexibility index (Phi) is 4.97. The number of nitrogens with one attached hydrogen (secondary N) is 2. The van der Waals surface area contributed by atoms with Crippen molar-refractivity contribution < 1.29 is 9.59 Å². The van der Waals surface area contributed by atoms with E-state index in [0.717, 1.165) is 5.69 Å². The zero-order valence-electron chi connectivity index (χ0n) is 14.6. The Balaban J connectivity index is 2.22. The maximum atomic E-state index is 12.3. The van der Waals surface area contributed by atoms with E-state index in [1.165, 1.54) is 6.92 Å². The first kappa shape index (κ1) is 17.6. The highest BCUT2D eigenvalue weighted by Gasteiger charge is 2.17. The quantitative estimate of drug-likeness (QED) is 0.843. The van der Waals surface area contributed by atoms with Crippen LogP contribution in [0, 0.1) is 6.92 Å². The van der Waals surface area contributed by atoms with Crippen LogP contribution in [-0.4, -0.2) is 27.2 Å². The third-order valence-corrected chi connectivity index (χ3v) is 3.12. The Hall–Kier alpha value is -2.76. The van der Waals surface area contributed by atoms with E-state index < -0.39 is 0 Å². The highest BCUT2D eigenvalue weighted by molar-refractivity contribution is 5.94. The molecule has 0 aliphatic carbocycles. The minimum Gasteiger partial charge on any atom is -0.346 e. The van der Waals surface area contributed by atoms with Gasteiger partial charge in [-0.3, -0.25) is 9.59 Å². The number of amides is 1. The highest BCUT2D eigenvalue weighted by Crippen LogP contribution is 2.15. The van der Waals surface area contributed by atoms with Gasteiger partial charge < -0.3 is 10.6 Å². The number of anilines is 2. The number of aryl methyl sites for hydroxylation is 1. The number of nitrogens with zero attached hydrogens (tertiary/aromatic N) is 2. The molecule has 6 nitrogen and oxygen atoms in total. The van der Waals surface area contributed by atoms with Crippen LogP contribution in [0.15, 0.2) is 30.3 Å². The summed E-state index contributed by atoms with van der Waals surface area (Å²) in [6.45, 7) is 9.06. The number of Topliss-reactive ketones (excluding diaryl/α,β-unsaturated/α-hetero) is 1. The van der Waals surface area contributed by atoms with E-state index in [1.807, 2.05) is 20.8 Å². The summed E-state index contributed by atoms with van der Waals surface area (Å²) in [4.78, 5) is 32.1. The third kappa shape index (κ3) is 4.87. The first-order valence-electron chi connectivity index (χ1n) is 7.70.